The van der Waals surface area contributed by atoms with Crippen molar-refractivity contribution >= 4 is 38.5 Å². The zero-order valence-electron chi connectivity index (χ0n) is 14.3. The summed E-state index contributed by atoms with van der Waals surface area (Å²) in [6, 6.07) is 15.8. The first-order valence-electron chi connectivity index (χ1n) is 7.89. The second-order valence-electron chi connectivity index (χ2n) is 5.38. The van der Waals surface area contributed by atoms with E-state index in [2.05, 4.69) is 20.2 Å². The summed E-state index contributed by atoms with van der Waals surface area (Å²) in [5.41, 5.74) is 1.63. The average molecular weight is 400 g/mol. The summed E-state index contributed by atoms with van der Waals surface area (Å²) < 4.78 is 25.6. The molecule has 0 radical (unpaired) electrons. The van der Waals surface area contributed by atoms with Crippen LogP contribution in [-0.2, 0) is 14.8 Å². The number of amides is 1. The predicted molar refractivity (Wildman–Crippen MR) is 106 cm³/mol. The van der Waals surface area contributed by atoms with Crippen LogP contribution in [0, 0.1) is 0 Å². The number of carbonyl (C=O) groups is 1. The standard InChI is InChI=1S/C18H16N4O3S2/c1-19-27(24,25)15-10-7-13(8-11-15)9-12-16(23)20-18-22-21-17(26-18)14-5-3-2-4-6-14/h2-12,19H,1H3,(H,20,22,23)/b12-9+. The Morgan fingerprint density at radius 3 is 2.41 bits per heavy atom. The minimum atomic E-state index is -3.47. The van der Waals surface area contributed by atoms with Gasteiger partial charge in [-0.3, -0.25) is 10.1 Å². The normalized spacial score (nSPS) is 11.6. The molecule has 0 fully saturated rings. The summed E-state index contributed by atoms with van der Waals surface area (Å²) in [5.74, 6) is -0.349. The van der Waals surface area contributed by atoms with Gasteiger partial charge in [-0.05, 0) is 30.8 Å². The van der Waals surface area contributed by atoms with E-state index < -0.39 is 10.0 Å². The largest absolute Gasteiger partial charge is 0.297 e. The van der Waals surface area contributed by atoms with Crippen molar-refractivity contribution < 1.29 is 13.2 Å². The number of carbonyl (C=O) groups excluding carboxylic acids is 1. The summed E-state index contributed by atoms with van der Waals surface area (Å²) in [7, 11) is -2.12. The molecule has 0 atom stereocenters. The van der Waals surface area contributed by atoms with Crippen LogP contribution in [-0.4, -0.2) is 31.6 Å². The van der Waals surface area contributed by atoms with E-state index in [-0.39, 0.29) is 10.8 Å². The van der Waals surface area contributed by atoms with Gasteiger partial charge >= 0.3 is 0 Å². The van der Waals surface area contributed by atoms with Crippen LogP contribution < -0.4 is 10.0 Å². The monoisotopic (exact) mass is 400 g/mol. The van der Waals surface area contributed by atoms with Crippen LogP contribution in [0.3, 0.4) is 0 Å². The van der Waals surface area contributed by atoms with E-state index in [0.717, 1.165) is 10.6 Å². The Morgan fingerprint density at radius 2 is 1.74 bits per heavy atom. The van der Waals surface area contributed by atoms with Gasteiger partial charge < -0.3 is 0 Å². The number of sulfonamides is 1. The van der Waals surface area contributed by atoms with Gasteiger partial charge in [0.25, 0.3) is 0 Å². The van der Waals surface area contributed by atoms with Crippen molar-refractivity contribution in [3.8, 4) is 10.6 Å². The molecule has 0 saturated carbocycles. The number of nitrogens with zero attached hydrogens (tertiary/aromatic N) is 2. The number of nitrogens with one attached hydrogen (secondary N) is 2. The van der Waals surface area contributed by atoms with Crippen LogP contribution in [0.2, 0.25) is 0 Å². The second-order valence-corrected chi connectivity index (χ2v) is 8.24. The van der Waals surface area contributed by atoms with Crippen LogP contribution in [0.4, 0.5) is 5.13 Å². The molecule has 0 spiro atoms. The zero-order chi connectivity index (χ0) is 19.3. The SMILES string of the molecule is CNS(=O)(=O)c1ccc(/C=C/C(=O)Nc2nnc(-c3ccccc3)s2)cc1. The van der Waals surface area contributed by atoms with Crippen LogP contribution in [0.1, 0.15) is 5.56 Å². The quantitative estimate of drug-likeness (QED) is 0.620. The van der Waals surface area contributed by atoms with E-state index in [4.69, 9.17) is 0 Å². The Hall–Kier alpha value is -2.88. The fourth-order valence-electron chi connectivity index (χ4n) is 2.17. The van der Waals surface area contributed by atoms with Gasteiger partial charge in [0.2, 0.25) is 21.1 Å². The lowest BCUT2D eigenvalue weighted by Crippen LogP contribution is -2.18. The molecule has 0 aliphatic rings. The maximum absolute atomic E-state index is 12.0. The third-order valence-electron chi connectivity index (χ3n) is 3.56. The van der Waals surface area contributed by atoms with Crippen molar-refractivity contribution in [1.29, 1.82) is 0 Å². The number of rotatable bonds is 6. The van der Waals surface area contributed by atoms with E-state index in [0.29, 0.717) is 10.7 Å². The molecular weight excluding hydrogens is 384 g/mol. The third-order valence-corrected chi connectivity index (χ3v) is 5.88. The lowest BCUT2D eigenvalue weighted by molar-refractivity contribution is -0.111. The highest BCUT2D eigenvalue weighted by Crippen LogP contribution is 2.25. The molecule has 0 saturated heterocycles. The van der Waals surface area contributed by atoms with E-state index in [9.17, 15) is 13.2 Å². The van der Waals surface area contributed by atoms with Crippen LogP contribution in [0.5, 0.6) is 0 Å². The van der Waals surface area contributed by atoms with Crippen molar-refractivity contribution in [1.82, 2.24) is 14.9 Å². The predicted octanol–water partition coefficient (Wildman–Crippen LogP) is 2.77. The maximum Gasteiger partial charge on any atom is 0.250 e. The first-order chi connectivity index (χ1) is 13.0. The molecule has 1 aromatic heterocycles. The summed E-state index contributed by atoms with van der Waals surface area (Å²) in [6.45, 7) is 0. The molecule has 3 aromatic rings. The molecule has 0 aliphatic carbocycles. The molecule has 3 rings (SSSR count). The van der Waals surface area contributed by atoms with E-state index >= 15 is 0 Å². The van der Waals surface area contributed by atoms with Crippen molar-refractivity contribution in [3.63, 3.8) is 0 Å². The third kappa shape index (κ3) is 4.85. The Morgan fingerprint density at radius 1 is 1.04 bits per heavy atom. The molecule has 1 heterocycles. The summed E-state index contributed by atoms with van der Waals surface area (Å²) in [4.78, 5) is 12.2. The molecule has 7 nitrogen and oxygen atoms in total. The highest BCUT2D eigenvalue weighted by molar-refractivity contribution is 7.89. The van der Waals surface area contributed by atoms with Gasteiger partial charge in [0, 0.05) is 11.6 Å². The Balaban J connectivity index is 1.63. The molecule has 0 bridgehead atoms. The van der Waals surface area contributed by atoms with Crippen molar-refractivity contribution in [2.75, 3.05) is 12.4 Å². The lowest BCUT2D eigenvalue weighted by Gasteiger charge is -2.02. The maximum atomic E-state index is 12.0. The number of anilines is 1. The molecule has 2 N–H and O–H groups in total. The van der Waals surface area contributed by atoms with Crippen LogP contribution >= 0.6 is 11.3 Å². The Bertz CT molecular complexity index is 1060. The minimum absolute atomic E-state index is 0.161. The highest BCUT2D eigenvalue weighted by Gasteiger charge is 2.10. The molecular formula is C18H16N4O3S2. The van der Waals surface area contributed by atoms with Gasteiger partial charge in [0.15, 0.2) is 0 Å². The van der Waals surface area contributed by atoms with Crippen molar-refractivity contribution in [2.45, 2.75) is 4.90 Å². The van der Waals surface area contributed by atoms with Gasteiger partial charge in [0.05, 0.1) is 4.90 Å². The second kappa shape index (κ2) is 8.21. The van der Waals surface area contributed by atoms with E-state index in [1.165, 1.54) is 36.6 Å². The Kier molecular flexibility index (Phi) is 5.75. The van der Waals surface area contributed by atoms with Crippen molar-refractivity contribution in [3.05, 3.63) is 66.2 Å². The summed E-state index contributed by atoms with van der Waals surface area (Å²) >= 11 is 1.28. The van der Waals surface area contributed by atoms with Gasteiger partial charge in [0.1, 0.15) is 5.01 Å². The smallest absolute Gasteiger partial charge is 0.250 e. The first-order valence-corrected chi connectivity index (χ1v) is 10.2. The molecule has 2 aromatic carbocycles. The fraction of sp³-hybridized carbons (Fsp3) is 0.0556. The van der Waals surface area contributed by atoms with Gasteiger partial charge in [-0.15, -0.1) is 10.2 Å². The zero-order valence-corrected chi connectivity index (χ0v) is 15.9. The van der Waals surface area contributed by atoms with Crippen molar-refractivity contribution in [2.24, 2.45) is 0 Å². The molecule has 9 heteroatoms. The van der Waals surface area contributed by atoms with Crippen LogP contribution in [0.25, 0.3) is 16.6 Å². The molecule has 0 unspecified atom stereocenters. The van der Waals surface area contributed by atoms with Gasteiger partial charge in [-0.1, -0.05) is 53.8 Å². The minimum Gasteiger partial charge on any atom is -0.297 e. The summed E-state index contributed by atoms with van der Waals surface area (Å²) in [6.07, 6.45) is 2.94. The number of benzene rings is 2. The number of hydrogen-bond donors (Lipinski definition) is 2. The molecule has 138 valence electrons. The topological polar surface area (TPSA) is 101 Å². The lowest BCUT2D eigenvalue weighted by atomic mass is 10.2. The molecule has 1 amide bonds. The average Bonchev–Trinajstić information content (AvgIpc) is 3.16. The summed E-state index contributed by atoms with van der Waals surface area (Å²) in [5, 5.41) is 11.8. The molecule has 0 aliphatic heterocycles. The molecule has 27 heavy (non-hydrogen) atoms. The van der Waals surface area contributed by atoms with Gasteiger partial charge in [-0.2, -0.15) is 0 Å². The first kappa shape index (κ1) is 18.9. The number of aromatic nitrogens is 2. The number of hydrogen-bond acceptors (Lipinski definition) is 6. The Labute approximate surface area is 160 Å². The van der Waals surface area contributed by atoms with E-state index in [1.807, 2.05) is 30.3 Å². The highest BCUT2D eigenvalue weighted by atomic mass is 32.2. The fourth-order valence-corrected chi connectivity index (χ4v) is 3.65. The van der Waals surface area contributed by atoms with Gasteiger partial charge in [-0.25, -0.2) is 13.1 Å². The van der Waals surface area contributed by atoms with E-state index in [1.54, 1.807) is 18.2 Å². The van der Waals surface area contributed by atoms with Crippen LogP contribution in [0.15, 0.2) is 65.6 Å².